The van der Waals surface area contributed by atoms with Crippen LogP contribution in [0.5, 0.6) is 5.75 Å². The van der Waals surface area contributed by atoms with Crippen molar-refractivity contribution in [3.8, 4) is 5.75 Å². The number of carbonyl (C=O) groups excluding carboxylic acids is 1. The molecule has 37 heavy (non-hydrogen) atoms. The fraction of sp³-hybridized carbons (Fsp3) is 0.105. The van der Waals surface area contributed by atoms with Crippen molar-refractivity contribution in [1.82, 2.24) is 5.32 Å². The summed E-state index contributed by atoms with van der Waals surface area (Å²) in [5.41, 5.74) is 15.0. The molecule has 2 unspecified atom stereocenters. The Labute approximate surface area is 209 Å². The van der Waals surface area contributed by atoms with Crippen LogP contribution in [0.15, 0.2) is 62.5 Å². The minimum Gasteiger partial charge on any atom is -0.505 e. The molecule has 16 nitrogen and oxygen atoms in total. The van der Waals surface area contributed by atoms with Crippen LogP contribution in [0.2, 0.25) is 0 Å². The largest absolute Gasteiger partial charge is 0.505 e. The number of aliphatic hydroxyl groups excluding tert-OH is 1. The molecule has 3 aromatic carbocycles. The molecule has 1 amide bonds. The van der Waals surface area contributed by atoms with E-state index in [4.69, 9.17) is 17.2 Å². The van der Waals surface area contributed by atoms with E-state index < -0.39 is 60.0 Å². The first-order valence-corrected chi connectivity index (χ1v) is 12.8. The number of nitrogens with two attached hydrogens (primary N) is 3. The van der Waals surface area contributed by atoms with Crippen LogP contribution in [0.4, 0.5) is 17.1 Å². The van der Waals surface area contributed by atoms with Gasteiger partial charge in [-0.05, 0) is 35.7 Å². The molecule has 3 aromatic rings. The normalized spacial score (nSPS) is 14.1. The van der Waals surface area contributed by atoms with Crippen LogP contribution in [-0.2, 0) is 20.2 Å². The fourth-order valence-electron chi connectivity index (χ4n) is 3.28. The number of amides is 1. The maximum Gasteiger partial charge on any atom is 0.296 e. The molecular formula is C19H21N7O9S2. The summed E-state index contributed by atoms with van der Waals surface area (Å²) in [5.74, 6) is -1.80. The Balaban J connectivity index is 2.36. The molecule has 0 radical (unpaired) electrons. The van der Waals surface area contributed by atoms with Gasteiger partial charge in [0.15, 0.2) is 12.1 Å². The van der Waals surface area contributed by atoms with Crippen LogP contribution in [0, 0.1) is 0 Å². The molecule has 0 aliphatic heterocycles. The summed E-state index contributed by atoms with van der Waals surface area (Å²) in [4.78, 5) is 9.92. The Morgan fingerprint density at radius 3 is 2.19 bits per heavy atom. The van der Waals surface area contributed by atoms with Crippen LogP contribution < -0.4 is 27.8 Å². The van der Waals surface area contributed by atoms with Crippen LogP contribution in [-0.4, -0.2) is 54.7 Å². The van der Waals surface area contributed by atoms with E-state index in [2.05, 4.69) is 20.9 Å². The molecule has 18 heteroatoms. The van der Waals surface area contributed by atoms with Gasteiger partial charge in [0.2, 0.25) is 0 Å². The second-order valence-corrected chi connectivity index (χ2v) is 10.2. The minimum atomic E-state index is -5.10. The number of azo groups is 1. The predicted octanol–water partition coefficient (Wildman–Crippen LogP) is 0.0315. The number of phenolic OH excluding ortho intramolecular Hbond substituents is 1. The Morgan fingerprint density at radius 2 is 1.62 bits per heavy atom. The number of hydrogen-bond acceptors (Lipinski definition) is 13. The lowest BCUT2D eigenvalue weighted by atomic mass is 10.1. The van der Waals surface area contributed by atoms with Crippen LogP contribution >= 0.6 is 0 Å². The number of rotatable bonds is 9. The maximum absolute atomic E-state index is 12.1. The van der Waals surface area contributed by atoms with E-state index >= 15 is 0 Å². The van der Waals surface area contributed by atoms with Gasteiger partial charge in [-0.1, -0.05) is 12.1 Å². The number of phenols is 1. The molecule has 0 fully saturated rings. The standard InChI is InChI=1S/C19H21N7O9S2/c20-17(28)10-3-1-2-4-11(10)25-26-15-13(37(33,34)35)6-8-5-9(36(30,31)32)7-12(14(8)16(15)27)23-18(21)24-19(22)29/h1-7,18-19,23-24,27,29H,21-22H2,(H2,20,28)(H,30,31,32)(H,33,34,35). The topological polar surface area (TPSA) is 293 Å². The molecule has 3 rings (SSSR count). The average molecular weight is 556 g/mol. The Morgan fingerprint density at radius 1 is 0.973 bits per heavy atom. The van der Waals surface area contributed by atoms with E-state index in [1.165, 1.54) is 24.3 Å². The smallest absolute Gasteiger partial charge is 0.296 e. The van der Waals surface area contributed by atoms with Gasteiger partial charge in [0.05, 0.1) is 16.1 Å². The molecule has 0 spiro atoms. The summed E-state index contributed by atoms with van der Waals surface area (Å²) in [6.07, 6.45) is -2.97. The zero-order valence-corrected chi connectivity index (χ0v) is 20.1. The number of primary amides is 1. The number of carbonyl (C=O) groups is 1. The van der Waals surface area contributed by atoms with E-state index in [0.29, 0.717) is 0 Å². The van der Waals surface area contributed by atoms with Gasteiger partial charge >= 0.3 is 0 Å². The van der Waals surface area contributed by atoms with Gasteiger partial charge in [-0.2, -0.15) is 16.8 Å². The highest BCUT2D eigenvalue weighted by atomic mass is 32.2. The monoisotopic (exact) mass is 555 g/mol. The first-order chi connectivity index (χ1) is 17.1. The third-order valence-electron chi connectivity index (χ3n) is 4.79. The van der Waals surface area contributed by atoms with E-state index in [1.54, 1.807) is 0 Å². The highest BCUT2D eigenvalue weighted by molar-refractivity contribution is 7.86. The van der Waals surface area contributed by atoms with Gasteiger partial charge in [0.1, 0.15) is 16.9 Å². The van der Waals surface area contributed by atoms with Crippen molar-refractivity contribution < 1.29 is 40.9 Å². The zero-order valence-electron chi connectivity index (χ0n) is 18.5. The number of aromatic hydroxyl groups is 1. The Bertz CT molecular complexity index is 1620. The number of hydrogen-bond donors (Lipinski definition) is 9. The summed E-state index contributed by atoms with van der Waals surface area (Å²) >= 11 is 0. The summed E-state index contributed by atoms with van der Waals surface area (Å²) in [7, 11) is -9.96. The van der Waals surface area contributed by atoms with Gasteiger partial charge in [0.25, 0.3) is 26.1 Å². The molecule has 12 N–H and O–H groups in total. The molecule has 0 heterocycles. The summed E-state index contributed by atoms with van der Waals surface area (Å²) < 4.78 is 67.1. The summed E-state index contributed by atoms with van der Waals surface area (Å²) in [5, 5.41) is 31.9. The van der Waals surface area contributed by atoms with E-state index in [-0.39, 0.29) is 27.7 Å². The molecule has 0 aliphatic carbocycles. The van der Waals surface area contributed by atoms with Gasteiger partial charge in [-0.3, -0.25) is 25.4 Å². The van der Waals surface area contributed by atoms with Crippen LogP contribution in [0.25, 0.3) is 10.8 Å². The first-order valence-electron chi connectivity index (χ1n) is 9.90. The van der Waals surface area contributed by atoms with E-state index in [9.17, 15) is 40.9 Å². The van der Waals surface area contributed by atoms with Crippen molar-refractivity contribution in [3.63, 3.8) is 0 Å². The fourth-order valence-corrected chi connectivity index (χ4v) is 4.48. The highest BCUT2D eigenvalue weighted by Gasteiger charge is 2.26. The number of nitrogens with zero attached hydrogens (tertiary/aromatic N) is 2. The Hall–Kier alpha value is -3.75. The van der Waals surface area contributed by atoms with E-state index in [1.807, 2.05) is 0 Å². The lowest BCUT2D eigenvalue weighted by Crippen LogP contribution is -2.52. The first kappa shape index (κ1) is 27.8. The van der Waals surface area contributed by atoms with Gasteiger partial charge in [-0.25, -0.2) is 5.32 Å². The lowest BCUT2D eigenvalue weighted by Gasteiger charge is -2.21. The highest BCUT2D eigenvalue weighted by Crippen LogP contribution is 2.45. The number of anilines is 1. The SMILES string of the molecule is NC(=O)c1ccccc1N=Nc1c(S(=O)(=O)O)cc2cc(S(=O)(=O)O)cc(NC(N)NC(N)O)c2c1O. The van der Waals surface area contributed by atoms with Crippen molar-refractivity contribution in [2.45, 2.75) is 22.4 Å². The molecular weight excluding hydrogens is 534 g/mol. The average Bonchev–Trinajstić information content (AvgIpc) is 2.76. The molecule has 0 saturated carbocycles. The van der Waals surface area contributed by atoms with Gasteiger partial charge in [0, 0.05) is 11.1 Å². The van der Waals surface area contributed by atoms with Crippen LogP contribution in [0.1, 0.15) is 10.4 Å². The second kappa shape index (κ2) is 10.3. The molecule has 0 aromatic heterocycles. The zero-order chi connectivity index (χ0) is 27.7. The van der Waals surface area contributed by atoms with Gasteiger partial charge in [-0.15, -0.1) is 10.2 Å². The molecule has 0 saturated heterocycles. The third-order valence-corrected chi connectivity index (χ3v) is 6.49. The third kappa shape index (κ3) is 6.34. The molecule has 0 aliphatic rings. The van der Waals surface area contributed by atoms with Crippen molar-refractivity contribution in [2.24, 2.45) is 27.4 Å². The van der Waals surface area contributed by atoms with Crippen molar-refractivity contribution in [3.05, 3.63) is 48.0 Å². The molecule has 2 atom stereocenters. The van der Waals surface area contributed by atoms with Crippen LogP contribution in [0.3, 0.4) is 0 Å². The predicted molar refractivity (Wildman–Crippen MR) is 129 cm³/mol. The van der Waals surface area contributed by atoms with Crippen molar-refractivity contribution in [1.29, 1.82) is 0 Å². The number of fused-ring (bicyclic) bond motifs is 1. The van der Waals surface area contributed by atoms with Gasteiger partial charge < -0.3 is 21.3 Å². The number of aliphatic hydroxyl groups is 1. The quantitative estimate of drug-likeness (QED) is 0.0957. The lowest BCUT2D eigenvalue weighted by molar-refractivity contribution is 0.100. The summed E-state index contributed by atoms with van der Waals surface area (Å²) in [6.45, 7) is 0. The minimum absolute atomic E-state index is 0.0857. The summed E-state index contributed by atoms with van der Waals surface area (Å²) in [6, 6.07) is 8.01. The second-order valence-electron chi connectivity index (χ2n) is 7.41. The molecule has 0 bridgehead atoms. The maximum atomic E-state index is 12.1. The number of nitrogens with one attached hydrogen (secondary N) is 2. The number of benzene rings is 3. The van der Waals surface area contributed by atoms with E-state index in [0.717, 1.165) is 18.2 Å². The van der Waals surface area contributed by atoms with Crippen molar-refractivity contribution >= 4 is 54.0 Å². The molecule has 198 valence electrons. The van der Waals surface area contributed by atoms with Crippen molar-refractivity contribution in [2.75, 3.05) is 5.32 Å². The Kier molecular flexibility index (Phi) is 7.76.